The first-order valence-corrected chi connectivity index (χ1v) is 9.25. The van der Waals surface area contributed by atoms with E-state index >= 15 is 0 Å². The molecule has 0 aromatic heterocycles. The van der Waals surface area contributed by atoms with Crippen LogP contribution in [0.3, 0.4) is 0 Å². The summed E-state index contributed by atoms with van der Waals surface area (Å²) in [4.78, 5) is 0. The van der Waals surface area contributed by atoms with Crippen molar-refractivity contribution in [1.29, 1.82) is 0 Å². The Labute approximate surface area is 152 Å². The molecule has 4 heteroatoms. The van der Waals surface area contributed by atoms with Crippen LogP contribution in [0.15, 0.2) is 60.7 Å². The first-order chi connectivity index (χ1) is 9.81. The molecular formula is C19H19F2PTi. The van der Waals surface area contributed by atoms with Crippen LogP contribution in [0, 0.1) is 18.3 Å². The molecule has 0 radical (unpaired) electrons. The van der Waals surface area contributed by atoms with Crippen LogP contribution >= 0.6 is 7.92 Å². The summed E-state index contributed by atoms with van der Waals surface area (Å²) in [6.45, 7) is 2.45. The van der Waals surface area contributed by atoms with E-state index in [1.54, 1.807) is 5.30 Å². The molecule has 0 amide bonds. The average molecular weight is 364 g/mol. The van der Waals surface area contributed by atoms with Crippen LogP contribution < -0.4 is 14.7 Å². The Bertz CT molecular complexity index is 638. The summed E-state index contributed by atoms with van der Waals surface area (Å²) in [6.07, 6.45) is 13.1. The van der Waals surface area contributed by atoms with E-state index in [1.807, 2.05) is 0 Å². The first kappa shape index (κ1) is 20.4. The molecule has 0 N–H and O–H groups in total. The normalized spacial score (nSPS) is 25.9. The molecule has 0 saturated heterocycles. The smallest absolute Gasteiger partial charge is 1.00 e. The third-order valence-corrected chi connectivity index (χ3v) is 7.21. The molecule has 2 aromatic rings. The number of rotatable bonds is 2. The van der Waals surface area contributed by atoms with Crippen LogP contribution in [0.4, 0.5) is 0 Å². The first-order valence-electron chi connectivity index (χ1n) is 7.39. The maximum Gasteiger partial charge on any atom is 4.00 e. The standard InChI is InChI=1S/C19H19P.2FH.Ti/c1-20(18-10-14-6-2-3-7-15(14)11-18)19-12-16-8-4-5-9-17(16)13-19;;;/h2-12,16-17,19H,13H2,1H3;2*1H;/q-2;;;+4/p-2. The molecule has 2 aliphatic rings. The summed E-state index contributed by atoms with van der Waals surface area (Å²) in [7, 11) is -0.0838. The number of halogens is 2. The fourth-order valence-electron chi connectivity index (χ4n) is 3.54. The van der Waals surface area contributed by atoms with Gasteiger partial charge in [-0.3, -0.25) is 0 Å². The minimum atomic E-state index is -0.0838. The van der Waals surface area contributed by atoms with Gasteiger partial charge in [0.2, 0.25) is 0 Å². The molecule has 4 unspecified atom stereocenters. The van der Waals surface area contributed by atoms with Gasteiger partial charge in [-0.15, -0.1) is 65.9 Å². The Balaban J connectivity index is 0.000000882. The molecule has 2 aliphatic carbocycles. The van der Waals surface area contributed by atoms with Crippen molar-refractivity contribution < 1.29 is 31.1 Å². The van der Waals surface area contributed by atoms with Crippen molar-refractivity contribution in [2.75, 3.05) is 6.66 Å². The summed E-state index contributed by atoms with van der Waals surface area (Å²) < 4.78 is 0. The van der Waals surface area contributed by atoms with Gasteiger partial charge in [-0.2, -0.15) is 6.07 Å². The van der Waals surface area contributed by atoms with E-state index in [1.165, 1.54) is 17.2 Å². The Morgan fingerprint density at radius 3 is 2.57 bits per heavy atom. The molecule has 2 aromatic carbocycles. The summed E-state index contributed by atoms with van der Waals surface area (Å²) >= 11 is 0. The largest absolute Gasteiger partial charge is 4.00 e. The van der Waals surface area contributed by atoms with Crippen molar-refractivity contribution in [2.24, 2.45) is 11.8 Å². The van der Waals surface area contributed by atoms with Gasteiger partial charge in [-0.1, -0.05) is 30.7 Å². The van der Waals surface area contributed by atoms with Gasteiger partial charge in [0.05, 0.1) is 0 Å². The third kappa shape index (κ3) is 3.87. The topological polar surface area (TPSA) is 0 Å². The van der Waals surface area contributed by atoms with Crippen molar-refractivity contribution in [2.45, 2.75) is 12.1 Å². The number of hydrogen-bond donors (Lipinski definition) is 0. The average Bonchev–Trinajstić information content (AvgIpc) is 3.10. The minimum absolute atomic E-state index is 0. The number of hydrogen-bond acceptors (Lipinski definition) is 0. The van der Waals surface area contributed by atoms with Crippen LogP contribution in [-0.2, 0) is 21.7 Å². The van der Waals surface area contributed by atoms with Gasteiger partial charge >= 0.3 is 21.7 Å². The SMILES string of the molecule is CP(c1cc2ccccc2[cH-]1)C1[CH-]C2C=CC=CC2C1.[F-].[F-].[Ti+4]. The zero-order valence-corrected chi connectivity index (χ0v) is 15.4. The Morgan fingerprint density at radius 2 is 1.83 bits per heavy atom. The fourth-order valence-corrected chi connectivity index (χ4v) is 5.63. The Hall–Kier alpha value is -0.686. The van der Waals surface area contributed by atoms with Gasteiger partial charge in [0, 0.05) is 0 Å². The van der Waals surface area contributed by atoms with E-state index in [0.29, 0.717) is 5.92 Å². The second-order valence-corrected chi connectivity index (χ2v) is 8.36. The molecule has 0 heterocycles. The van der Waals surface area contributed by atoms with Crippen LogP contribution in [-0.4, -0.2) is 12.3 Å². The number of benzene rings is 1. The maximum absolute atomic E-state index is 2.61. The summed E-state index contributed by atoms with van der Waals surface area (Å²) in [5, 5.41) is 4.35. The van der Waals surface area contributed by atoms with E-state index < -0.39 is 0 Å². The van der Waals surface area contributed by atoms with Crippen LogP contribution in [0.25, 0.3) is 10.8 Å². The Morgan fingerprint density at radius 1 is 1.09 bits per heavy atom. The van der Waals surface area contributed by atoms with E-state index in [2.05, 4.69) is 73.8 Å². The van der Waals surface area contributed by atoms with E-state index in [0.717, 1.165) is 11.6 Å². The zero-order valence-electron chi connectivity index (χ0n) is 13.0. The van der Waals surface area contributed by atoms with Gasteiger partial charge in [-0.25, -0.2) is 0 Å². The Kier molecular flexibility index (Phi) is 7.46. The molecule has 1 fully saturated rings. The molecule has 1 saturated carbocycles. The molecule has 0 nitrogen and oxygen atoms in total. The maximum atomic E-state index is 2.61. The summed E-state index contributed by atoms with van der Waals surface area (Å²) in [5.74, 6) is 1.43. The zero-order chi connectivity index (χ0) is 13.5. The number of fused-ring (bicyclic) bond motifs is 2. The van der Waals surface area contributed by atoms with E-state index in [-0.39, 0.29) is 39.0 Å². The molecule has 4 atom stereocenters. The van der Waals surface area contributed by atoms with Gasteiger partial charge in [0.1, 0.15) is 0 Å². The second-order valence-electron chi connectivity index (χ2n) is 5.96. The van der Waals surface area contributed by atoms with Crippen LogP contribution in [0.1, 0.15) is 6.42 Å². The molecule has 23 heavy (non-hydrogen) atoms. The van der Waals surface area contributed by atoms with E-state index in [9.17, 15) is 0 Å². The monoisotopic (exact) mass is 364 g/mol. The molecule has 4 rings (SSSR count). The fraction of sp³-hybridized carbons (Fsp3) is 0.263. The van der Waals surface area contributed by atoms with Crippen molar-refractivity contribution in [3.63, 3.8) is 0 Å². The van der Waals surface area contributed by atoms with Crippen LogP contribution in [0.5, 0.6) is 0 Å². The molecule has 0 bridgehead atoms. The second kappa shape index (κ2) is 8.42. The predicted molar refractivity (Wildman–Crippen MR) is 90.0 cm³/mol. The van der Waals surface area contributed by atoms with Gasteiger partial charge in [0.25, 0.3) is 0 Å². The van der Waals surface area contributed by atoms with Crippen molar-refractivity contribution in [3.05, 3.63) is 67.1 Å². The molecular weight excluding hydrogens is 345 g/mol. The molecule has 0 spiro atoms. The van der Waals surface area contributed by atoms with E-state index in [4.69, 9.17) is 0 Å². The van der Waals surface area contributed by atoms with Crippen molar-refractivity contribution in [1.82, 2.24) is 0 Å². The summed E-state index contributed by atoms with van der Waals surface area (Å²) in [6, 6.07) is 13.5. The van der Waals surface area contributed by atoms with Crippen LogP contribution in [0.2, 0.25) is 0 Å². The van der Waals surface area contributed by atoms with Crippen molar-refractivity contribution in [3.8, 4) is 0 Å². The predicted octanol–water partition coefficient (Wildman–Crippen LogP) is -1.36. The third-order valence-electron chi connectivity index (χ3n) is 4.76. The molecule has 118 valence electrons. The van der Waals surface area contributed by atoms with Gasteiger partial charge in [-0.05, 0) is 12.6 Å². The molecule has 0 aliphatic heterocycles. The summed E-state index contributed by atoms with van der Waals surface area (Å²) in [5.41, 5.74) is 0.768. The quantitative estimate of drug-likeness (QED) is 0.351. The van der Waals surface area contributed by atoms with Crippen molar-refractivity contribution >= 4 is 24.0 Å². The number of allylic oxidation sites excluding steroid dienone is 4. The van der Waals surface area contributed by atoms with Gasteiger partial charge in [0.15, 0.2) is 0 Å². The minimum Gasteiger partial charge on any atom is -1.00 e. The van der Waals surface area contributed by atoms with Gasteiger partial charge < -0.3 is 15.8 Å².